The molecule has 4 heterocycles. The third kappa shape index (κ3) is 4.19. The minimum atomic E-state index is -0.948. The number of anilines is 1. The molecule has 6 nitrogen and oxygen atoms in total. The average molecular weight is 510 g/mol. The Morgan fingerprint density at radius 1 is 0.944 bits per heavy atom. The van der Waals surface area contributed by atoms with Crippen molar-refractivity contribution in [3.63, 3.8) is 0 Å². The summed E-state index contributed by atoms with van der Waals surface area (Å²) in [6.45, 7) is 4.41. The maximum Gasteiger partial charge on any atom is 0.274 e. The minimum absolute atomic E-state index is 0.107. The van der Waals surface area contributed by atoms with Gasteiger partial charge in [0.05, 0.1) is 27.1 Å². The molecule has 0 N–H and O–H groups in total. The van der Waals surface area contributed by atoms with E-state index in [9.17, 15) is 18.0 Å². The molecule has 2 aromatic carbocycles. The summed E-state index contributed by atoms with van der Waals surface area (Å²) in [5, 5.41) is 0.784. The molecule has 2 bridgehead atoms. The van der Waals surface area contributed by atoms with E-state index in [1.165, 1.54) is 23.5 Å². The van der Waals surface area contributed by atoms with Gasteiger partial charge in [0.1, 0.15) is 17.3 Å². The van der Waals surface area contributed by atoms with Gasteiger partial charge >= 0.3 is 0 Å². The van der Waals surface area contributed by atoms with Crippen LogP contribution in [0.4, 0.5) is 19.0 Å². The molecule has 2 aliphatic heterocycles. The number of aryl methyl sites for hydroxylation is 1. The number of piperidine rings is 2. The van der Waals surface area contributed by atoms with Crippen LogP contribution in [0.2, 0.25) is 0 Å². The second-order valence-corrected chi connectivity index (χ2v) is 10.7. The maximum absolute atomic E-state index is 13.7. The standard InChI is InChI=1S/C26H22F3N5OS/c1-14-31-24(25(36-14)17-2-4-18(27)5-3-17)26(35)34-12-15-6-16(13-34)11-33(10-15)23-9-30-21-7-19(28)20(29)8-22(21)32-23/h2-5,7-9,15-16H,6,10-13H2,1H3. The van der Waals surface area contributed by atoms with Crippen LogP contribution in [0, 0.1) is 36.2 Å². The van der Waals surface area contributed by atoms with Gasteiger partial charge in [0.25, 0.3) is 5.91 Å². The zero-order chi connectivity index (χ0) is 25.0. The van der Waals surface area contributed by atoms with Crippen molar-refractivity contribution >= 4 is 34.1 Å². The van der Waals surface area contributed by atoms with Gasteiger partial charge in [-0.1, -0.05) is 12.1 Å². The molecule has 36 heavy (non-hydrogen) atoms. The third-order valence-electron chi connectivity index (χ3n) is 6.81. The first kappa shape index (κ1) is 22.9. The number of carbonyl (C=O) groups excluding carboxylic acids is 1. The minimum Gasteiger partial charge on any atom is -0.355 e. The van der Waals surface area contributed by atoms with E-state index in [4.69, 9.17) is 0 Å². The van der Waals surface area contributed by atoms with Crippen LogP contribution < -0.4 is 4.90 Å². The predicted molar refractivity (Wildman–Crippen MR) is 131 cm³/mol. The lowest BCUT2D eigenvalue weighted by atomic mass is 9.84. The highest BCUT2D eigenvalue weighted by molar-refractivity contribution is 7.15. The van der Waals surface area contributed by atoms with Crippen LogP contribution in [-0.2, 0) is 0 Å². The summed E-state index contributed by atoms with van der Waals surface area (Å²) in [4.78, 5) is 31.6. The van der Waals surface area contributed by atoms with E-state index < -0.39 is 11.6 Å². The quantitative estimate of drug-likeness (QED) is 0.386. The van der Waals surface area contributed by atoms with Crippen molar-refractivity contribution in [2.75, 3.05) is 31.1 Å². The highest BCUT2D eigenvalue weighted by Crippen LogP contribution is 2.35. The number of thiazole rings is 1. The summed E-state index contributed by atoms with van der Waals surface area (Å²) in [6, 6.07) is 8.24. The highest BCUT2D eigenvalue weighted by atomic mass is 32.1. The summed E-state index contributed by atoms with van der Waals surface area (Å²) >= 11 is 1.43. The number of aromatic nitrogens is 3. The number of rotatable bonds is 3. The van der Waals surface area contributed by atoms with Gasteiger partial charge in [-0.2, -0.15) is 0 Å². The molecular weight excluding hydrogens is 487 g/mol. The van der Waals surface area contributed by atoms with E-state index in [1.807, 2.05) is 11.8 Å². The first-order valence-electron chi connectivity index (χ1n) is 11.7. The van der Waals surface area contributed by atoms with Crippen LogP contribution in [0.15, 0.2) is 42.6 Å². The summed E-state index contributed by atoms with van der Waals surface area (Å²) in [6.07, 6.45) is 2.60. The number of amides is 1. The molecular formula is C26H22F3N5OS. The molecule has 2 saturated heterocycles. The van der Waals surface area contributed by atoms with Crippen LogP contribution in [-0.4, -0.2) is 51.9 Å². The van der Waals surface area contributed by atoms with Crippen molar-refractivity contribution in [1.29, 1.82) is 0 Å². The second-order valence-electron chi connectivity index (χ2n) is 9.48. The molecule has 6 rings (SSSR count). The van der Waals surface area contributed by atoms with E-state index >= 15 is 0 Å². The summed E-state index contributed by atoms with van der Waals surface area (Å²) in [5.41, 5.74) is 1.81. The van der Waals surface area contributed by atoms with Crippen LogP contribution in [0.1, 0.15) is 21.9 Å². The lowest BCUT2D eigenvalue weighted by molar-refractivity contribution is 0.0560. The summed E-state index contributed by atoms with van der Waals surface area (Å²) in [5.74, 6) is -1.23. The Morgan fingerprint density at radius 3 is 2.31 bits per heavy atom. The normalized spacial score (nSPS) is 19.7. The number of hydrogen-bond acceptors (Lipinski definition) is 6. The topological polar surface area (TPSA) is 62.2 Å². The van der Waals surface area contributed by atoms with Gasteiger partial charge in [-0.25, -0.2) is 23.1 Å². The number of nitrogens with zero attached hydrogens (tertiary/aromatic N) is 5. The van der Waals surface area contributed by atoms with Crippen molar-refractivity contribution < 1.29 is 18.0 Å². The highest BCUT2D eigenvalue weighted by Gasteiger charge is 2.38. The summed E-state index contributed by atoms with van der Waals surface area (Å²) in [7, 11) is 0. The Labute approximate surface area is 209 Å². The van der Waals surface area contributed by atoms with Crippen LogP contribution >= 0.6 is 11.3 Å². The van der Waals surface area contributed by atoms with Gasteiger partial charge in [-0.3, -0.25) is 9.78 Å². The molecule has 2 unspecified atom stereocenters. The Kier molecular flexibility index (Phi) is 5.63. The van der Waals surface area contributed by atoms with Crippen molar-refractivity contribution in [3.8, 4) is 10.4 Å². The van der Waals surface area contributed by atoms with E-state index in [1.54, 1.807) is 18.3 Å². The Morgan fingerprint density at radius 2 is 1.61 bits per heavy atom. The van der Waals surface area contributed by atoms with E-state index in [-0.39, 0.29) is 23.6 Å². The fraction of sp³-hybridized carbons (Fsp3) is 0.308. The SMILES string of the molecule is Cc1nc(C(=O)N2CC3CC(C2)CN(c2cnc4cc(F)c(F)cc4n2)C3)c(-c2ccc(F)cc2)s1. The molecule has 2 aromatic heterocycles. The second kappa shape index (κ2) is 8.85. The Bertz CT molecular complexity index is 1460. The van der Waals surface area contributed by atoms with Gasteiger partial charge in [0, 0.05) is 38.3 Å². The first-order valence-corrected chi connectivity index (χ1v) is 12.5. The van der Waals surface area contributed by atoms with Crippen LogP contribution in [0.25, 0.3) is 21.5 Å². The zero-order valence-electron chi connectivity index (χ0n) is 19.4. The molecule has 2 atom stereocenters. The van der Waals surface area contributed by atoms with Crippen molar-refractivity contribution in [3.05, 3.63) is 70.7 Å². The average Bonchev–Trinajstić information content (AvgIpc) is 3.25. The fourth-order valence-electron chi connectivity index (χ4n) is 5.30. The molecule has 1 amide bonds. The number of carbonyl (C=O) groups is 1. The van der Waals surface area contributed by atoms with Gasteiger partial charge < -0.3 is 9.80 Å². The number of halogens is 3. The largest absolute Gasteiger partial charge is 0.355 e. The van der Waals surface area contributed by atoms with Gasteiger partial charge in [-0.05, 0) is 42.9 Å². The van der Waals surface area contributed by atoms with Gasteiger partial charge in [0.15, 0.2) is 11.6 Å². The fourth-order valence-corrected chi connectivity index (χ4v) is 6.22. The van der Waals surface area contributed by atoms with E-state index in [2.05, 4.69) is 19.9 Å². The van der Waals surface area contributed by atoms with Crippen molar-refractivity contribution in [2.45, 2.75) is 13.3 Å². The zero-order valence-corrected chi connectivity index (χ0v) is 20.2. The van der Waals surface area contributed by atoms with Crippen molar-refractivity contribution in [2.24, 2.45) is 11.8 Å². The number of likely N-dealkylation sites (tertiary alicyclic amines) is 1. The molecule has 184 valence electrons. The van der Waals surface area contributed by atoms with Crippen molar-refractivity contribution in [1.82, 2.24) is 19.9 Å². The number of hydrogen-bond donors (Lipinski definition) is 0. The molecule has 0 spiro atoms. The number of fused-ring (bicyclic) bond motifs is 3. The molecule has 2 aliphatic rings. The maximum atomic E-state index is 13.7. The number of benzene rings is 2. The molecule has 0 saturated carbocycles. The predicted octanol–water partition coefficient (Wildman–Crippen LogP) is 5.08. The molecule has 10 heteroatoms. The van der Waals surface area contributed by atoms with Crippen LogP contribution in [0.3, 0.4) is 0 Å². The van der Waals surface area contributed by atoms with E-state index in [0.717, 1.165) is 34.0 Å². The van der Waals surface area contributed by atoms with Gasteiger partial charge in [0.2, 0.25) is 0 Å². The molecule has 2 fully saturated rings. The Balaban J connectivity index is 1.21. The van der Waals surface area contributed by atoms with Gasteiger partial charge in [-0.15, -0.1) is 11.3 Å². The molecule has 0 aliphatic carbocycles. The first-order chi connectivity index (χ1) is 17.3. The summed E-state index contributed by atoms with van der Waals surface area (Å²) < 4.78 is 40.7. The molecule has 4 aromatic rings. The third-order valence-corrected chi connectivity index (χ3v) is 7.83. The van der Waals surface area contributed by atoms with Crippen LogP contribution in [0.5, 0.6) is 0 Å². The Hall–Kier alpha value is -3.53. The monoisotopic (exact) mass is 509 g/mol. The van der Waals surface area contributed by atoms with E-state index in [0.29, 0.717) is 48.7 Å². The molecule has 0 radical (unpaired) electrons. The smallest absolute Gasteiger partial charge is 0.274 e. The lowest BCUT2D eigenvalue weighted by Gasteiger charge is -2.46. The lowest BCUT2D eigenvalue weighted by Crippen LogP contribution is -2.54.